The van der Waals surface area contributed by atoms with Crippen LogP contribution in [0.1, 0.15) is 0 Å². The molecule has 1 aromatic heterocycles. The van der Waals surface area contributed by atoms with Crippen molar-refractivity contribution >= 4 is 10.9 Å². The van der Waals surface area contributed by atoms with Gasteiger partial charge in [0.1, 0.15) is 5.69 Å². The van der Waals surface area contributed by atoms with E-state index in [1.807, 2.05) is 0 Å². The van der Waals surface area contributed by atoms with Gasteiger partial charge in [0, 0.05) is 23.8 Å². The molecule has 2 aliphatic rings. The number of halogens is 2. The molecule has 0 saturated heterocycles. The second-order valence-corrected chi connectivity index (χ2v) is 4.77. The number of aromatic nitrogens is 4. The van der Waals surface area contributed by atoms with Gasteiger partial charge in [-0.3, -0.25) is 4.79 Å². The summed E-state index contributed by atoms with van der Waals surface area (Å²) in [6.45, 7) is 0. The molecule has 3 heterocycles. The molecular weight excluding hydrogens is 290 g/mol. The van der Waals surface area contributed by atoms with Crippen LogP contribution in [-0.4, -0.2) is 19.7 Å². The van der Waals surface area contributed by atoms with Gasteiger partial charge in [-0.05, 0) is 18.2 Å². The number of fused-ring (bicyclic) bond motifs is 3. The molecule has 0 bridgehead atoms. The molecule has 5 nitrogen and oxygen atoms in total. The Morgan fingerprint density at radius 1 is 1.14 bits per heavy atom. The largest absolute Gasteiger partial charge is 0.360 e. The molecule has 0 fully saturated rings. The van der Waals surface area contributed by atoms with Crippen molar-refractivity contribution in [1.82, 2.24) is 19.7 Å². The summed E-state index contributed by atoms with van der Waals surface area (Å²) in [4.78, 5) is 19.3. The lowest BCUT2D eigenvalue weighted by Gasteiger charge is -2.03. The van der Waals surface area contributed by atoms with E-state index in [9.17, 15) is 13.6 Å². The molecule has 1 N–H and O–H groups in total. The minimum absolute atomic E-state index is 0.282. The Labute approximate surface area is 122 Å². The van der Waals surface area contributed by atoms with E-state index in [1.165, 1.54) is 6.20 Å². The molecule has 2 aromatic rings. The maximum atomic E-state index is 13.5. The summed E-state index contributed by atoms with van der Waals surface area (Å²) in [7, 11) is 0. The molecule has 0 unspecified atom stereocenters. The minimum atomic E-state index is -0.992. The Hall–Kier alpha value is -3.09. The summed E-state index contributed by atoms with van der Waals surface area (Å²) in [5.41, 5.74) is 0.557. The summed E-state index contributed by atoms with van der Waals surface area (Å²) in [6.07, 6.45) is 2.98. The van der Waals surface area contributed by atoms with Gasteiger partial charge in [0.05, 0.1) is 11.1 Å². The molecule has 4 rings (SSSR count). The lowest BCUT2D eigenvalue weighted by molar-refractivity contribution is 0.510. The van der Waals surface area contributed by atoms with Crippen LogP contribution in [0.5, 0.6) is 0 Å². The number of H-pyrrole nitrogens is 1. The van der Waals surface area contributed by atoms with Crippen molar-refractivity contribution in [2.75, 3.05) is 0 Å². The first-order chi connectivity index (χ1) is 10.6. The van der Waals surface area contributed by atoms with E-state index >= 15 is 0 Å². The SMILES string of the molecule is O=c1c2c[nH]c3cc(F)c(F)cc3c-2nn1-c1ccccn1. The van der Waals surface area contributed by atoms with Crippen LogP contribution in [0.25, 0.3) is 28.0 Å². The molecule has 22 heavy (non-hydrogen) atoms. The highest BCUT2D eigenvalue weighted by Gasteiger charge is 2.20. The van der Waals surface area contributed by atoms with Crippen LogP contribution in [0.4, 0.5) is 8.78 Å². The van der Waals surface area contributed by atoms with E-state index < -0.39 is 11.6 Å². The monoisotopic (exact) mass is 298 g/mol. The number of nitrogens with one attached hydrogen (secondary N) is 1. The third-order valence-corrected chi connectivity index (χ3v) is 3.43. The molecule has 108 valence electrons. The Kier molecular flexibility index (Phi) is 2.56. The number of aromatic amines is 1. The highest BCUT2D eigenvalue weighted by atomic mass is 19.2. The topological polar surface area (TPSA) is 63.6 Å². The highest BCUT2D eigenvalue weighted by molar-refractivity contribution is 5.93. The van der Waals surface area contributed by atoms with E-state index in [0.29, 0.717) is 22.4 Å². The van der Waals surface area contributed by atoms with Gasteiger partial charge in [-0.25, -0.2) is 13.8 Å². The lowest BCUT2D eigenvalue weighted by atomic mass is 10.1. The van der Waals surface area contributed by atoms with Crippen LogP contribution in [0.15, 0.2) is 47.5 Å². The molecule has 1 aromatic carbocycles. The van der Waals surface area contributed by atoms with Gasteiger partial charge in [0.15, 0.2) is 17.5 Å². The van der Waals surface area contributed by atoms with Crippen LogP contribution < -0.4 is 5.56 Å². The van der Waals surface area contributed by atoms with Crippen molar-refractivity contribution in [3.8, 4) is 17.1 Å². The molecule has 0 saturated carbocycles. The number of nitrogens with zero attached hydrogens (tertiary/aromatic N) is 3. The highest BCUT2D eigenvalue weighted by Crippen LogP contribution is 2.27. The molecule has 0 aliphatic carbocycles. The summed E-state index contributed by atoms with van der Waals surface area (Å²) in [6, 6.07) is 7.15. The number of hydrogen-bond donors (Lipinski definition) is 1. The average Bonchev–Trinajstić information content (AvgIpc) is 2.87. The summed E-state index contributed by atoms with van der Waals surface area (Å²) in [5, 5.41) is 4.55. The fourth-order valence-corrected chi connectivity index (χ4v) is 2.39. The van der Waals surface area contributed by atoms with Crippen molar-refractivity contribution in [1.29, 1.82) is 0 Å². The summed E-state index contributed by atoms with van der Waals surface area (Å²) >= 11 is 0. The maximum Gasteiger partial charge on any atom is 0.283 e. The third kappa shape index (κ3) is 1.72. The van der Waals surface area contributed by atoms with Crippen molar-refractivity contribution in [3.63, 3.8) is 0 Å². The first-order valence-corrected chi connectivity index (χ1v) is 6.46. The van der Waals surface area contributed by atoms with Gasteiger partial charge in [0.2, 0.25) is 0 Å². The first kappa shape index (κ1) is 12.6. The molecule has 0 spiro atoms. The standard InChI is InChI=1S/C15H8F2N4O/c16-10-5-8-12(6-11(10)17)19-7-9-14(8)20-21(15(9)22)13-3-1-2-4-18-13/h1-7,19H. The molecule has 0 radical (unpaired) electrons. The predicted molar refractivity (Wildman–Crippen MR) is 76.0 cm³/mol. The summed E-state index contributed by atoms with van der Waals surface area (Å²) in [5.74, 6) is -1.60. The van der Waals surface area contributed by atoms with Crippen molar-refractivity contribution in [3.05, 3.63) is 64.7 Å². The zero-order valence-electron chi connectivity index (χ0n) is 11.0. The van der Waals surface area contributed by atoms with E-state index in [4.69, 9.17) is 0 Å². The molecular formula is C15H8F2N4O. The van der Waals surface area contributed by atoms with Crippen LogP contribution in [0.3, 0.4) is 0 Å². The Balaban J connectivity index is 2.09. The molecule has 0 atom stereocenters. The van der Waals surface area contributed by atoms with E-state index in [2.05, 4.69) is 15.1 Å². The van der Waals surface area contributed by atoms with Crippen LogP contribution in [0, 0.1) is 11.6 Å². The van der Waals surface area contributed by atoms with E-state index in [0.717, 1.165) is 16.8 Å². The van der Waals surface area contributed by atoms with Crippen LogP contribution >= 0.6 is 0 Å². The summed E-state index contributed by atoms with van der Waals surface area (Å²) < 4.78 is 27.9. The fraction of sp³-hybridized carbons (Fsp3) is 0. The van der Waals surface area contributed by atoms with Crippen molar-refractivity contribution < 1.29 is 8.78 Å². The van der Waals surface area contributed by atoms with Gasteiger partial charge < -0.3 is 4.98 Å². The van der Waals surface area contributed by atoms with Crippen molar-refractivity contribution in [2.45, 2.75) is 0 Å². The number of rotatable bonds is 1. The fourth-order valence-electron chi connectivity index (χ4n) is 2.39. The zero-order chi connectivity index (χ0) is 15.3. The van der Waals surface area contributed by atoms with E-state index in [1.54, 1.807) is 24.4 Å². The lowest BCUT2D eigenvalue weighted by Crippen LogP contribution is -2.15. The maximum absolute atomic E-state index is 13.5. The zero-order valence-corrected chi connectivity index (χ0v) is 11.0. The Bertz CT molecular complexity index is 1020. The van der Waals surface area contributed by atoms with Crippen molar-refractivity contribution in [2.24, 2.45) is 0 Å². The van der Waals surface area contributed by atoms with Crippen LogP contribution in [0.2, 0.25) is 0 Å². The van der Waals surface area contributed by atoms with E-state index in [-0.39, 0.29) is 11.1 Å². The predicted octanol–water partition coefficient (Wildman–Crippen LogP) is 2.49. The second kappa shape index (κ2) is 4.45. The van der Waals surface area contributed by atoms with Gasteiger partial charge in [0.25, 0.3) is 5.56 Å². The first-order valence-electron chi connectivity index (χ1n) is 6.46. The van der Waals surface area contributed by atoms with Crippen LogP contribution in [-0.2, 0) is 0 Å². The average molecular weight is 298 g/mol. The number of pyridine rings is 2. The smallest absolute Gasteiger partial charge is 0.283 e. The number of hydrogen-bond acceptors (Lipinski definition) is 3. The molecule has 7 heteroatoms. The second-order valence-electron chi connectivity index (χ2n) is 4.77. The Morgan fingerprint density at radius 2 is 1.95 bits per heavy atom. The van der Waals surface area contributed by atoms with Gasteiger partial charge >= 0.3 is 0 Å². The number of benzene rings is 1. The molecule has 0 amide bonds. The Morgan fingerprint density at radius 3 is 2.73 bits per heavy atom. The minimum Gasteiger partial charge on any atom is -0.360 e. The van der Waals surface area contributed by atoms with Gasteiger partial charge in [-0.15, -0.1) is 0 Å². The third-order valence-electron chi connectivity index (χ3n) is 3.43. The van der Waals surface area contributed by atoms with Gasteiger partial charge in [-0.1, -0.05) is 6.07 Å². The quantitative estimate of drug-likeness (QED) is 0.587. The molecule has 2 aliphatic heterocycles. The van der Waals surface area contributed by atoms with Gasteiger partial charge in [-0.2, -0.15) is 9.78 Å². The normalized spacial score (nSPS) is 11.4.